The van der Waals surface area contributed by atoms with Crippen LogP contribution in [0.15, 0.2) is 212 Å². The van der Waals surface area contributed by atoms with Gasteiger partial charge in [0.2, 0.25) is 0 Å². The van der Waals surface area contributed by atoms with Crippen LogP contribution in [-0.4, -0.2) is 24.1 Å². The van der Waals surface area contributed by atoms with Gasteiger partial charge in [0.25, 0.3) is 0 Å². The minimum atomic E-state index is 0.774. The maximum absolute atomic E-state index is 5.30. The zero-order valence-electron chi connectivity index (χ0n) is 32.4. The quantitative estimate of drug-likeness (QED) is 0.169. The molecule has 0 aliphatic heterocycles. The van der Waals surface area contributed by atoms with E-state index in [0.29, 0.717) is 0 Å². The second kappa shape index (κ2) is 13.8. The van der Waals surface area contributed by atoms with Gasteiger partial charge in [-0.3, -0.25) is 4.98 Å². The maximum atomic E-state index is 5.30. The fraction of sp³-hybridized carbons (Fsp3) is 0. The highest BCUT2D eigenvalue weighted by Gasteiger charge is 2.19. The molecular formula is C55H35N5. The van der Waals surface area contributed by atoms with Crippen LogP contribution in [0, 0.1) is 0 Å². The molecule has 12 aromatic rings. The maximum Gasteiger partial charge on any atom is 0.116 e. The first-order valence-corrected chi connectivity index (χ1v) is 20.3. The molecule has 4 heterocycles. The summed E-state index contributed by atoms with van der Waals surface area (Å²) in [7, 11) is 0. The summed E-state index contributed by atoms with van der Waals surface area (Å²) in [5, 5.41) is 4.93. The fourth-order valence-corrected chi connectivity index (χ4v) is 8.99. The van der Waals surface area contributed by atoms with Gasteiger partial charge in [0.1, 0.15) is 5.52 Å². The van der Waals surface area contributed by atoms with Gasteiger partial charge in [-0.25, -0.2) is 9.97 Å². The number of benzene rings is 8. The van der Waals surface area contributed by atoms with E-state index in [0.717, 1.165) is 67.2 Å². The van der Waals surface area contributed by atoms with Crippen molar-refractivity contribution in [1.29, 1.82) is 0 Å². The zero-order valence-corrected chi connectivity index (χ0v) is 32.4. The summed E-state index contributed by atoms with van der Waals surface area (Å²) < 4.78 is 4.75. The summed E-state index contributed by atoms with van der Waals surface area (Å²) >= 11 is 0. The number of pyridine rings is 1. The van der Waals surface area contributed by atoms with E-state index in [1.165, 1.54) is 43.7 Å². The van der Waals surface area contributed by atoms with Crippen molar-refractivity contribution < 1.29 is 0 Å². The normalized spacial score (nSPS) is 11.7. The Morgan fingerprint density at radius 1 is 0.300 bits per heavy atom. The van der Waals surface area contributed by atoms with Crippen molar-refractivity contribution in [2.75, 3.05) is 0 Å². The van der Waals surface area contributed by atoms with Crippen LogP contribution in [-0.2, 0) is 0 Å². The number of nitrogens with zero attached hydrogens (tertiary/aromatic N) is 5. The molecule has 0 aliphatic carbocycles. The SMILES string of the molecule is c1ccc(-c2nc3ccnc(-c4ccc(-n5c6ccccc6c6cc(-c7ccc8c9ccccc9n(-c9ccccc9)c8c7)ccc65)cc4)c3nc2-c2ccccc2)cc1. The van der Waals surface area contributed by atoms with Gasteiger partial charge in [-0.05, 0) is 71.8 Å². The van der Waals surface area contributed by atoms with Crippen molar-refractivity contribution in [2.24, 2.45) is 0 Å². The van der Waals surface area contributed by atoms with E-state index < -0.39 is 0 Å². The van der Waals surface area contributed by atoms with Crippen LogP contribution < -0.4 is 0 Å². The molecule has 0 bridgehead atoms. The summed E-state index contributed by atoms with van der Waals surface area (Å²) in [4.78, 5) is 15.4. The van der Waals surface area contributed by atoms with Gasteiger partial charge in [0, 0.05) is 55.8 Å². The van der Waals surface area contributed by atoms with Crippen LogP contribution in [0.5, 0.6) is 0 Å². The Labute approximate surface area is 346 Å². The van der Waals surface area contributed by atoms with E-state index in [4.69, 9.17) is 15.0 Å². The fourth-order valence-electron chi connectivity index (χ4n) is 8.99. The Bertz CT molecular complexity index is 3570. The number of para-hydroxylation sites is 3. The first-order chi connectivity index (χ1) is 29.8. The van der Waals surface area contributed by atoms with Gasteiger partial charge in [-0.15, -0.1) is 0 Å². The predicted octanol–water partition coefficient (Wildman–Crippen LogP) is 13.9. The molecule has 0 spiro atoms. The lowest BCUT2D eigenvalue weighted by atomic mass is 10.0. The predicted molar refractivity (Wildman–Crippen MR) is 248 cm³/mol. The van der Waals surface area contributed by atoms with E-state index >= 15 is 0 Å². The molecule has 0 N–H and O–H groups in total. The van der Waals surface area contributed by atoms with Crippen LogP contribution in [0.1, 0.15) is 0 Å². The van der Waals surface area contributed by atoms with E-state index in [-0.39, 0.29) is 0 Å². The van der Waals surface area contributed by atoms with Gasteiger partial charge in [0.15, 0.2) is 0 Å². The highest BCUT2D eigenvalue weighted by atomic mass is 15.0. The minimum Gasteiger partial charge on any atom is -0.309 e. The molecule has 0 radical (unpaired) electrons. The van der Waals surface area contributed by atoms with E-state index in [9.17, 15) is 0 Å². The third kappa shape index (κ3) is 5.44. The topological polar surface area (TPSA) is 48.5 Å². The summed E-state index contributed by atoms with van der Waals surface area (Å²) in [5.41, 5.74) is 16.4. The van der Waals surface area contributed by atoms with Crippen LogP contribution in [0.25, 0.3) is 111 Å². The first kappa shape index (κ1) is 33.9. The third-order valence-corrected chi connectivity index (χ3v) is 11.8. The standard InChI is InChI=1S/C55H35N5/c1-4-14-36(15-5-1)53-54(37-16-6-2-7-17-37)58-55-47(57-53)32-33-56-52(55)38-24-28-42(29-25-38)59-49-23-13-11-21-44(49)46-34-39(27-31-50(46)59)40-26-30-45-43-20-10-12-22-48(43)60(51(45)35-40)41-18-8-3-9-19-41/h1-35H. The summed E-state index contributed by atoms with van der Waals surface area (Å²) in [6.45, 7) is 0. The molecule has 5 heteroatoms. The number of fused-ring (bicyclic) bond motifs is 7. The highest BCUT2D eigenvalue weighted by Crippen LogP contribution is 2.39. The smallest absolute Gasteiger partial charge is 0.116 e. The molecule has 0 atom stereocenters. The molecule has 60 heavy (non-hydrogen) atoms. The van der Waals surface area contributed by atoms with E-state index in [2.05, 4.69) is 173 Å². The van der Waals surface area contributed by atoms with Gasteiger partial charge in [0.05, 0.1) is 44.7 Å². The van der Waals surface area contributed by atoms with Gasteiger partial charge in [-0.2, -0.15) is 0 Å². The molecular weight excluding hydrogens is 731 g/mol. The first-order valence-electron chi connectivity index (χ1n) is 20.3. The molecule has 0 saturated heterocycles. The molecule has 0 aliphatic rings. The Hall–Kier alpha value is -8.15. The summed E-state index contributed by atoms with van der Waals surface area (Å²) in [5.74, 6) is 0. The molecule has 12 rings (SSSR count). The van der Waals surface area contributed by atoms with Crippen molar-refractivity contribution in [3.8, 4) is 56.3 Å². The van der Waals surface area contributed by atoms with Crippen molar-refractivity contribution in [3.63, 3.8) is 0 Å². The molecule has 0 unspecified atom stereocenters. The Kier molecular flexibility index (Phi) is 7.78. The summed E-state index contributed by atoms with van der Waals surface area (Å²) in [6.07, 6.45) is 1.83. The Balaban J connectivity index is 0.964. The van der Waals surface area contributed by atoms with Gasteiger partial charge in [-0.1, -0.05) is 146 Å². The van der Waals surface area contributed by atoms with Crippen molar-refractivity contribution in [3.05, 3.63) is 212 Å². The molecule has 8 aromatic carbocycles. The number of hydrogen-bond acceptors (Lipinski definition) is 3. The van der Waals surface area contributed by atoms with Crippen LogP contribution in [0.4, 0.5) is 0 Å². The van der Waals surface area contributed by atoms with Crippen LogP contribution >= 0.6 is 0 Å². The van der Waals surface area contributed by atoms with E-state index in [1.807, 2.05) is 48.7 Å². The molecule has 5 nitrogen and oxygen atoms in total. The number of hydrogen-bond donors (Lipinski definition) is 0. The third-order valence-electron chi connectivity index (χ3n) is 11.8. The van der Waals surface area contributed by atoms with Crippen LogP contribution in [0.2, 0.25) is 0 Å². The minimum absolute atomic E-state index is 0.774. The lowest BCUT2D eigenvalue weighted by molar-refractivity contribution is 1.18. The molecule has 0 fully saturated rings. The lowest BCUT2D eigenvalue weighted by Gasteiger charge is -2.13. The molecule has 4 aromatic heterocycles. The molecule has 280 valence electrons. The van der Waals surface area contributed by atoms with Crippen molar-refractivity contribution >= 4 is 54.6 Å². The Morgan fingerprint density at radius 3 is 1.48 bits per heavy atom. The second-order valence-electron chi connectivity index (χ2n) is 15.2. The van der Waals surface area contributed by atoms with Gasteiger partial charge < -0.3 is 9.13 Å². The largest absolute Gasteiger partial charge is 0.309 e. The second-order valence-corrected chi connectivity index (χ2v) is 15.2. The summed E-state index contributed by atoms with van der Waals surface area (Å²) in [6, 6.07) is 73.0. The zero-order chi connectivity index (χ0) is 39.6. The van der Waals surface area contributed by atoms with Crippen molar-refractivity contribution in [1.82, 2.24) is 24.1 Å². The van der Waals surface area contributed by atoms with Crippen LogP contribution in [0.3, 0.4) is 0 Å². The van der Waals surface area contributed by atoms with Crippen molar-refractivity contribution in [2.45, 2.75) is 0 Å². The van der Waals surface area contributed by atoms with Gasteiger partial charge >= 0.3 is 0 Å². The van der Waals surface area contributed by atoms with E-state index in [1.54, 1.807) is 0 Å². The highest BCUT2D eigenvalue weighted by molar-refractivity contribution is 6.12. The molecule has 0 amide bonds. The average Bonchev–Trinajstić information content (AvgIpc) is 3.84. The molecule has 0 saturated carbocycles. The monoisotopic (exact) mass is 765 g/mol. The Morgan fingerprint density at radius 2 is 0.783 bits per heavy atom. The average molecular weight is 766 g/mol. The number of rotatable bonds is 6. The lowest BCUT2D eigenvalue weighted by Crippen LogP contribution is -1.98. The number of aromatic nitrogens is 5.